The molecule has 0 saturated carbocycles. The average Bonchev–Trinajstić information content (AvgIpc) is 3.19. The Morgan fingerprint density at radius 2 is 1.89 bits per heavy atom. The number of aromatic nitrogens is 2. The van der Waals surface area contributed by atoms with Gasteiger partial charge in [0.25, 0.3) is 0 Å². The number of benzene rings is 2. The van der Waals surface area contributed by atoms with Crippen molar-refractivity contribution in [1.82, 2.24) is 19.8 Å². The molecule has 2 aliphatic rings. The normalized spacial score (nSPS) is 16.2. The molecule has 0 spiro atoms. The number of rotatable bonds is 2. The van der Waals surface area contributed by atoms with E-state index in [1.165, 1.54) is 7.05 Å². The zero-order valence-corrected chi connectivity index (χ0v) is 19.4. The first kappa shape index (κ1) is 22.5. The van der Waals surface area contributed by atoms with Crippen LogP contribution in [0, 0.1) is 17.2 Å². The van der Waals surface area contributed by atoms with Crippen molar-refractivity contribution in [3.63, 3.8) is 0 Å². The lowest BCUT2D eigenvalue weighted by Crippen LogP contribution is -2.46. The quantitative estimate of drug-likeness (QED) is 0.580. The third kappa shape index (κ3) is 4.45. The van der Waals surface area contributed by atoms with E-state index in [-0.39, 0.29) is 17.9 Å². The summed E-state index contributed by atoms with van der Waals surface area (Å²) in [5, 5.41) is 18.3. The van der Waals surface area contributed by atoms with Crippen LogP contribution in [-0.2, 0) is 6.54 Å². The third-order valence-corrected chi connectivity index (χ3v) is 6.67. The number of anilines is 1. The van der Waals surface area contributed by atoms with Gasteiger partial charge in [-0.15, -0.1) is 0 Å². The Morgan fingerprint density at radius 3 is 2.63 bits per heavy atom. The van der Waals surface area contributed by atoms with Crippen LogP contribution < -0.4 is 9.64 Å². The highest BCUT2D eigenvalue weighted by Gasteiger charge is 2.28. The standard InChI is InChI=1S/C25H26N6O4/c1-29(25(33)34)23-27-20-4-2-18(13-21(20)28-23)17-3-5-22-19(12-17)15-31(10-11-35-22)24(32)30-8-6-16(14-26)7-9-30/h2-5,12-13,16H,6-11,15H2,1H3,(H,27,28)(H,33,34). The molecule has 1 saturated heterocycles. The number of urea groups is 1. The van der Waals surface area contributed by atoms with Crippen molar-refractivity contribution in [3.05, 3.63) is 42.0 Å². The number of hydrogen-bond donors (Lipinski definition) is 2. The molecule has 1 aromatic heterocycles. The fraction of sp³-hybridized carbons (Fsp3) is 0.360. The predicted octanol–water partition coefficient (Wildman–Crippen LogP) is 3.89. The van der Waals surface area contributed by atoms with Crippen molar-refractivity contribution in [3.8, 4) is 22.9 Å². The topological polar surface area (TPSA) is 126 Å². The lowest BCUT2D eigenvalue weighted by Gasteiger charge is -2.33. The number of nitriles is 1. The van der Waals surface area contributed by atoms with Crippen molar-refractivity contribution < 1.29 is 19.4 Å². The number of nitrogens with zero attached hydrogens (tertiary/aromatic N) is 5. The first-order valence-electron chi connectivity index (χ1n) is 11.6. The fourth-order valence-electron chi connectivity index (χ4n) is 4.56. The molecular weight excluding hydrogens is 448 g/mol. The van der Waals surface area contributed by atoms with Crippen LogP contribution in [0.25, 0.3) is 22.2 Å². The second-order valence-corrected chi connectivity index (χ2v) is 8.90. The van der Waals surface area contributed by atoms with Gasteiger partial charge in [0, 0.05) is 31.6 Å². The molecule has 2 aliphatic heterocycles. The molecular formula is C25H26N6O4. The second kappa shape index (κ2) is 9.18. The molecule has 1 fully saturated rings. The van der Waals surface area contributed by atoms with Gasteiger partial charge in [-0.2, -0.15) is 5.26 Å². The van der Waals surface area contributed by atoms with Gasteiger partial charge in [-0.25, -0.2) is 14.6 Å². The minimum Gasteiger partial charge on any atom is -0.491 e. The van der Waals surface area contributed by atoms with E-state index >= 15 is 0 Å². The number of amides is 3. The SMILES string of the molecule is CN(C(=O)O)c1nc2ccc(-c3ccc4c(c3)CN(C(=O)N3CCC(C#N)CC3)CCO4)cc2[nH]1. The number of aromatic amines is 1. The highest BCUT2D eigenvalue weighted by Crippen LogP contribution is 2.31. The van der Waals surface area contributed by atoms with Crippen LogP contribution in [0.2, 0.25) is 0 Å². The van der Waals surface area contributed by atoms with Crippen LogP contribution in [0.15, 0.2) is 36.4 Å². The number of hydrogen-bond acceptors (Lipinski definition) is 5. The van der Waals surface area contributed by atoms with E-state index in [1.807, 2.05) is 46.2 Å². The Morgan fingerprint density at radius 1 is 1.14 bits per heavy atom. The molecule has 0 radical (unpaired) electrons. The summed E-state index contributed by atoms with van der Waals surface area (Å²) in [4.78, 5) is 36.5. The van der Waals surface area contributed by atoms with E-state index in [0.717, 1.165) is 32.9 Å². The highest BCUT2D eigenvalue weighted by molar-refractivity contribution is 5.88. The molecule has 0 atom stereocenters. The molecule has 3 heterocycles. The second-order valence-electron chi connectivity index (χ2n) is 8.90. The zero-order chi connectivity index (χ0) is 24.5. The van der Waals surface area contributed by atoms with Gasteiger partial charge in [0.15, 0.2) is 0 Å². The van der Waals surface area contributed by atoms with Crippen LogP contribution in [0.1, 0.15) is 18.4 Å². The molecule has 3 amide bonds. The summed E-state index contributed by atoms with van der Waals surface area (Å²) >= 11 is 0. The van der Waals surface area contributed by atoms with Crippen molar-refractivity contribution >= 4 is 29.1 Å². The van der Waals surface area contributed by atoms with Gasteiger partial charge in [-0.05, 0) is 48.2 Å². The summed E-state index contributed by atoms with van der Waals surface area (Å²) in [7, 11) is 1.44. The van der Waals surface area contributed by atoms with E-state index < -0.39 is 6.09 Å². The van der Waals surface area contributed by atoms with E-state index in [2.05, 4.69) is 16.0 Å². The summed E-state index contributed by atoms with van der Waals surface area (Å²) in [6.07, 6.45) is 0.337. The molecule has 0 bridgehead atoms. The van der Waals surface area contributed by atoms with Crippen LogP contribution in [-0.4, -0.2) is 70.3 Å². The molecule has 0 aliphatic carbocycles. The molecule has 2 aromatic carbocycles. The maximum atomic E-state index is 13.2. The minimum atomic E-state index is -1.09. The van der Waals surface area contributed by atoms with Gasteiger partial charge in [0.1, 0.15) is 12.4 Å². The van der Waals surface area contributed by atoms with Gasteiger partial charge in [-0.3, -0.25) is 4.90 Å². The van der Waals surface area contributed by atoms with Crippen molar-refractivity contribution in [2.75, 3.05) is 38.2 Å². The summed E-state index contributed by atoms with van der Waals surface area (Å²) < 4.78 is 5.93. The zero-order valence-electron chi connectivity index (χ0n) is 19.4. The molecule has 180 valence electrons. The number of fused-ring (bicyclic) bond motifs is 2. The molecule has 3 aromatic rings. The monoisotopic (exact) mass is 474 g/mol. The number of H-pyrrole nitrogens is 1. The summed E-state index contributed by atoms with van der Waals surface area (Å²) in [5.74, 6) is 1.05. The van der Waals surface area contributed by atoms with Crippen LogP contribution >= 0.6 is 0 Å². The first-order valence-corrected chi connectivity index (χ1v) is 11.6. The minimum absolute atomic E-state index is 0.0165. The number of ether oxygens (including phenoxy) is 1. The number of carbonyl (C=O) groups is 2. The van der Waals surface area contributed by atoms with Crippen molar-refractivity contribution in [2.45, 2.75) is 19.4 Å². The lowest BCUT2D eigenvalue weighted by atomic mass is 9.99. The molecule has 0 unspecified atom stereocenters. The summed E-state index contributed by atoms with van der Waals surface area (Å²) in [6.45, 7) is 2.57. The van der Waals surface area contributed by atoms with Gasteiger partial charge in [-0.1, -0.05) is 12.1 Å². The Hall–Kier alpha value is -4.26. The van der Waals surface area contributed by atoms with Crippen molar-refractivity contribution in [2.24, 2.45) is 5.92 Å². The molecule has 35 heavy (non-hydrogen) atoms. The van der Waals surface area contributed by atoms with E-state index in [1.54, 1.807) is 0 Å². The number of carbonyl (C=O) groups excluding carboxylic acids is 1. The third-order valence-electron chi connectivity index (χ3n) is 6.67. The summed E-state index contributed by atoms with van der Waals surface area (Å²) in [5.41, 5.74) is 4.23. The Bertz CT molecular complexity index is 1320. The van der Waals surface area contributed by atoms with Gasteiger partial charge >= 0.3 is 12.1 Å². The number of likely N-dealkylation sites (tertiary alicyclic amines) is 1. The molecule has 5 rings (SSSR count). The number of imidazole rings is 1. The Kier molecular flexibility index (Phi) is 5.91. The van der Waals surface area contributed by atoms with Gasteiger partial charge in [0.2, 0.25) is 5.95 Å². The van der Waals surface area contributed by atoms with E-state index in [9.17, 15) is 14.7 Å². The average molecular weight is 475 g/mol. The molecule has 2 N–H and O–H groups in total. The smallest absolute Gasteiger partial charge is 0.413 e. The van der Waals surface area contributed by atoms with Crippen molar-refractivity contribution in [1.29, 1.82) is 5.26 Å². The van der Waals surface area contributed by atoms with E-state index in [0.29, 0.717) is 51.1 Å². The van der Waals surface area contributed by atoms with Crippen LogP contribution in [0.5, 0.6) is 5.75 Å². The van der Waals surface area contributed by atoms with E-state index in [4.69, 9.17) is 10.00 Å². The van der Waals surface area contributed by atoms with Crippen LogP contribution in [0.3, 0.4) is 0 Å². The maximum Gasteiger partial charge on any atom is 0.413 e. The summed E-state index contributed by atoms with van der Waals surface area (Å²) in [6, 6.07) is 13.9. The first-order chi connectivity index (χ1) is 16.9. The van der Waals surface area contributed by atoms with Crippen LogP contribution in [0.4, 0.5) is 15.5 Å². The Labute approximate surface area is 202 Å². The number of nitrogens with one attached hydrogen (secondary N) is 1. The largest absolute Gasteiger partial charge is 0.491 e. The Balaban J connectivity index is 1.38. The maximum absolute atomic E-state index is 13.2. The van der Waals surface area contributed by atoms with Gasteiger partial charge in [0.05, 0.1) is 30.2 Å². The highest BCUT2D eigenvalue weighted by atomic mass is 16.5. The molecule has 10 nitrogen and oxygen atoms in total. The number of carboxylic acid groups (broad SMARTS) is 1. The predicted molar refractivity (Wildman–Crippen MR) is 129 cm³/mol. The molecule has 10 heteroatoms. The lowest BCUT2D eigenvalue weighted by molar-refractivity contribution is 0.132. The van der Waals surface area contributed by atoms with Gasteiger partial charge < -0.3 is 24.6 Å². The fourth-order valence-corrected chi connectivity index (χ4v) is 4.56. The number of piperidine rings is 1.